The molecule has 1 fully saturated rings. The number of nitrogens with zero attached hydrogens (tertiary/aromatic N) is 1. The SMILES string of the molecule is CC(C)CCN1CCCCC1O. The van der Waals surface area contributed by atoms with Gasteiger partial charge in [-0.2, -0.15) is 0 Å². The lowest BCUT2D eigenvalue weighted by Gasteiger charge is -2.32. The monoisotopic (exact) mass is 171 g/mol. The van der Waals surface area contributed by atoms with E-state index in [9.17, 15) is 5.11 Å². The Morgan fingerprint density at radius 3 is 2.75 bits per heavy atom. The molecule has 12 heavy (non-hydrogen) atoms. The molecule has 1 saturated heterocycles. The average Bonchev–Trinajstić information content (AvgIpc) is 2.03. The Labute approximate surface area is 75.6 Å². The van der Waals surface area contributed by atoms with Crippen LogP contribution in [0.4, 0.5) is 0 Å². The molecule has 0 aromatic heterocycles. The van der Waals surface area contributed by atoms with Crippen molar-refractivity contribution in [3.8, 4) is 0 Å². The average molecular weight is 171 g/mol. The summed E-state index contributed by atoms with van der Waals surface area (Å²) in [6, 6.07) is 0. The summed E-state index contributed by atoms with van der Waals surface area (Å²) in [5.41, 5.74) is 0. The standard InChI is InChI=1S/C10H21NO/c1-9(2)6-8-11-7-4-3-5-10(11)12/h9-10,12H,3-8H2,1-2H3. The van der Waals surface area contributed by atoms with Gasteiger partial charge in [0.2, 0.25) is 0 Å². The molecule has 72 valence electrons. The van der Waals surface area contributed by atoms with Crippen LogP contribution in [0.25, 0.3) is 0 Å². The first kappa shape index (κ1) is 10.0. The minimum Gasteiger partial charge on any atom is -0.378 e. The van der Waals surface area contributed by atoms with Crippen LogP contribution in [0.3, 0.4) is 0 Å². The van der Waals surface area contributed by atoms with Gasteiger partial charge in [0.15, 0.2) is 0 Å². The number of rotatable bonds is 3. The zero-order valence-electron chi connectivity index (χ0n) is 8.29. The van der Waals surface area contributed by atoms with Gasteiger partial charge in [-0.15, -0.1) is 0 Å². The van der Waals surface area contributed by atoms with Crippen LogP contribution in [-0.2, 0) is 0 Å². The molecular formula is C10H21NO. The van der Waals surface area contributed by atoms with Crippen LogP contribution in [0.15, 0.2) is 0 Å². The Hall–Kier alpha value is -0.0800. The van der Waals surface area contributed by atoms with Crippen LogP contribution in [0.5, 0.6) is 0 Å². The lowest BCUT2D eigenvalue weighted by Crippen LogP contribution is -2.40. The van der Waals surface area contributed by atoms with E-state index in [-0.39, 0.29) is 6.23 Å². The molecule has 0 bridgehead atoms. The van der Waals surface area contributed by atoms with E-state index < -0.39 is 0 Å². The molecule has 1 rings (SSSR count). The third-order valence-electron chi connectivity index (χ3n) is 2.57. The molecule has 0 saturated carbocycles. The van der Waals surface area contributed by atoms with Gasteiger partial charge in [0.05, 0.1) is 0 Å². The highest BCUT2D eigenvalue weighted by Gasteiger charge is 2.18. The second-order valence-electron chi connectivity index (χ2n) is 4.19. The number of likely N-dealkylation sites (tertiary alicyclic amines) is 1. The molecule has 1 N–H and O–H groups in total. The number of piperidine rings is 1. The van der Waals surface area contributed by atoms with E-state index >= 15 is 0 Å². The van der Waals surface area contributed by atoms with Gasteiger partial charge in [0, 0.05) is 13.1 Å². The van der Waals surface area contributed by atoms with Crippen LogP contribution < -0.4 is 0 Å². The Kier molecular flexibility index (Phi) is 4.02. The summed E-state index contributed by atoms with van der Waals surface area (Å²) in [5.74, 6) is 0.749. The van der Waals surface area contributed by atoms with Gasteiger partial charge in [-0.25, -0.2) is 0 Å². The van der Waals surface area contributed by atoms with Crippen molar-refractivity contribution in [2.45, 2.75) is 45.8 Å². The largest absolute Gasteiger partial charge is 0.378 e. The fourth-order valence-electron chi connectivity index (χ4n) is 1.66. The van der Waals surface area contributed by atoms with Gasteiger partial charge >= 0.3 is 0 Å². The van der Waals surface area contributed by atoms with Crippen LogP contribution in [-0.4, -0.2) is 29.3 Å². The van der Waals surface area contributed by atoms with Crippen molar-refractivity contribution in [2.24, 2.45) is 5.92 Å². The first-order chi connectivity index (χ1) is 5.70. The predicted octanol–water partition coefficient (Wildman–Crippen LogP) is 1.84. The fraction of sp³-hybridized carbons (Fsp3) is 1.00. The maximum absolute atomic E-state index is 9.61. The molecule has 0 aromatic carbocycles. The van der Waals surface area contributed by atoms with E-state index in [0.717, 1.165) is 25.4 Å². The molecule has 0 amide bonds. The molecule has 1 aliphatic rings. The van der Waals surface area contributed by atoms with Gasteiger partial charge in [-0.1, -0.05) is 13.8 Å². The van der Waals surface area contributed by atoms with Gasteiger partial charge in [0.25, 0.3) is 0 Å². The van der Waals surface area contributed by atoms with E-state index in [1.807, 2.05) is 0 Å². The normalized spacial score (nSPS) is 26.5. The van der Waals surface area contributed by atoms with Crippen LogP contribution in [0.1, 0.15) is 39.5 Å². The van der Waals surface area contributed by atoms with Gasteiger partial charge in [-0.05, 0) is 31.6 Å². The zero-order chi connectivity index (χ0) is 8.97. The lowest BCUT2D eigenvalue weighted by atomic mass is 10.1. The summed E-state index contributed by atoms with van der Waals surface area (Å²) >= 11 is 0. The summed E-state index contributed by atoms with van der Waals surface area (Å²) in [6.07, 6.45) is 4.47. The molecule has 1 unspecified atom stereocenters. The molecule has 0 radical (unpaired) electrons. The minimum atomic E-state index is -0.155. The number of hydrogen-bond donors (Lipinski definition) is 1. The molecule has 1 heterocycles. The van der Waals surface area contributed by atoms with Crippen molar-refractivity contribution in [3.63, 3.8) is 0 Å². The highest BCUT2D eigenvalue weighted by atomic mass is 16.3. The lowest BCUT2D eigenvalue weighted by molar-refractivity contribution is -0.0256. The number of hydrogen-bond acceptors (Lipinski definition) is 2. The molecule has 0 spiro atoms. The Morgan fingerprint density at radius 2 is 2.17 bits per heavy atom. The van der Waals surface area contributed by atoms with E-state index in [4.69, 9.17) is 0 Å². The van der Waals surface area contributed by atoms with Crippen molar-refractivity contribution >= 4 is 0 Å². The third kappa shape index (κ3) is 3.11. The highest BCUT2D eigenvalue weighted by Crippen LogP contribution is 2.15. The van der Waals surface area contributed by atoms with Gasteiger partial charge in [-0.3, -0.25) is 4.90 Å². The van der Waals surface area contributed by atoms with Crippen molar-refractivity contribution in [1.29, 1.82) is 0 Å². The van der Waals surface area contributed by atoms with E-state index in [1.165, 1.54) is 19.3 Å². The first-order valence-corrected chi connectivity index (χ1v) is 5.12. The molecule has 1 aliphatic heterocycles. The van der Waals surface area contributed by atoms with E-state index in [1.54, 1.807) is 0 Å². The quantitative estimate of drug-likeness (QED) is 0.700. The fourth-order valence-corrected chi connectivity index (χ4v) is 1.66. The smallest absolute Gasteiger partial charge is 0.107 e. The maximum atomic E-state index is 9.61. The molecule has 0 aromatic rings. The summed E-state index contributed by atoms with van der Waals surface area (Å²) in [7, 11) is 0. The molecule has 1 atom stereocenters. The number of aliphatic hydroxyl groups is 1. The van der Waals surface area contributed by atoms with E-state index in [2.05, 4.69) is 18.7 Å². The zero-order valence-corrected chi connectivity index (χ0v) is 8.29. The van der Waals surface area contributed by atoms with Crippen molar-refractivity contribution in [1.82, 2.24) is 4.90 Å². The highest BCUT2D eigenvalue weighted by molar-refractivity contribution is 4.68. The third-order valence-corrected chi connectivity index (χ3v) is 2.57. The molecule has 0 aliphatic carbocycles. The van der Waals surface area contributed by atoms with E-state index in [0.29, 0.717) is 0 Å². The Morgan fingerprint density at radius 1 is 1.42 bits per heavy atom. The van der Waals surface area contributed by atoms with Gasteiger partial charge in [0.1, 0.15) is 6.23 Å². The Balaban J connectivity index is 2.20. The van der Waals surface area contributed by atoms with Crippen molar-refractivity contribution in [3.05, 3.63) is 0 Å². The molecular weight excluding hydrogens is 150 g/mol. The first-order valence-electron chi connectivity index (χ1n) is 5.12. The molecule has 2 nitrogen and oxygen atoms in total. The topological polar surface area (TPSA) is 23.5 Å². The van der Waals surface area contributed by atoms with Crippen LogP contribution in [0, 0.1) is 5.92 Å². The van der Waals surface area contributed by atoms with Crippen LogP contribution in [0.2, 0.25) is 0 Å². The summed E-state index contributed by atoms with van der Waals surface area (Å²) in [6.45, 7) is 6.62. The van der Waals surface area contributed by atoms with Gasteiger partial charge < -0.3 is 5.11 Å². The summed E-state index contributed by atoms with van der Waals surface area (Å²) in [5, 5.41) is 9.61. The molecule has 2 heteroatoms. The number of aliphatic hydroxyl groups excluding tert-OH is 1. The minimum absolute atomic E-state index is 0.155. The van der Waals surface area contributed by atoms with Crippen molar-refractivity contribution < 1.29 is 5.11 Å². The summed E-state index contributed by atoms with van der Waals surface area (Å²) in [4.78, 5) is 2.21. The second kappa shape index (κ2) is 4.83. The Bertz CT molecular complexity index is 125. The maximum Gasteiger partial charge on any atom is 0.107 e. The second-order valence-corrected chi connectivity index (χ2v) is 4.19. The van der Waals surface area contributed by atoms with Crippen molar-refractivity contribution in [2.75, 3.05) is 13.1 Å². The van der Waals surface area contributed by atoms with Crippen LogP contribution >= 0.6 is 0 Å². The predicted molar refractivity (Wildman–Crippen MR) is 50.9 cm³/mol. The summed E-state index contributed by atoms with van der Waals surface area (Å²) < 4.78 is 0.